The van der Waals surface area contributed by atoms with Crippen LogP contribution in [0.3, 0.4) is 0 Å². The Morgan fingerprint density at radius 1 is 1.50 bits per heavy atom. The first-order valence-electron chi connectivity index (χ1n) is 5.08. The normalized spacial score (nSPS) is 12.6. The Bertz CT molecular complexity index is 473. The molecule has 2 rings (SSSR count). The van der Waals surface area contributed by atoms with Crippen molar-refractivity contribution in [1.29, 1.82) is 0 Å². The van der Waals surface area contributed by atoms with Gasteiger partial charge in [-0.1, -0.05) is 18.2 Å². The van der Waals surface area contributed by atoms with Crippen LogP contribution in [0.5, 0.6) is 0 Å². The molecule has 1 atom stereocenters. The van der Waals surface area contributed by atoms with E-state index in [1.807, 2.05) is 30.3 Å². The summed E-state index contributed by atoms with van der Waals surface area (Å²) in [5.74, 6) is -0.125. The van der Waals surface area contributed by atoms with E-state index >= 15 is 0 Å². The van der Waals surface area contributed by atoms with Crippen LogP contribution in [0.25, 0.3) is 10.1 Å². The third-order valence-electron chi connectivity index (χ3n) is 2.32. The van der Waals surface area contributed by atoms with Gasteiger partial charge in [-0.3, -0.25) is 4.79 Å². The van der Waals surface area contributed by atoms with Crippen LogP contribution in [0.15, 0.2) is 30.3 Å². The average molecular weight is 235 g/mol. The van der Waals surface area contributed by atoms with Gasteiger partial charge in [-0.2, -0.15) is 0 Å². The molecule has 16 heavy (non-hydrogen) atoms. The predicted octanol–water partition coefficient (Wildman–Crippen LogP) is 2.07. The highest BCUT2D eigenvalue weighted by Gasteiger charge is 2.11. The average Bonchev–Trinajstić information content (AvgIpc) is 2.69. The fourth-order valence-electron chi connectivity index (χ4n) is 1.51. The van der Waals surface area contributed by atoms with Crippen molar-refractivity contribution in [3.8, 4) is 0 Å². The molecule has 0 aliphatic heterocycles. The summed E-state index contributed by atoms with van der Waals surface area (Å²) >= 11 is 1.56. The van der Waals surface area contributed by atoms with E-state index in [2.05, 4.69) is 5.32 Å². The molecule has 0 bridgehead atoms. The topological polar surface area (TPSA) is 49.3 Å². The third kappa shape index (κ3) is 2.40. The molecular formula is C12H13NO2S. The van der Waals surface area contributed by atoms with Gasteiger partial charge in [0.15, 0.2) is 0 Å². The predicted molar refractivity (Wildman–Crippen MR) is 65.5 cm³/mol. The molecule has 1 unspecified atom stereocenters. The molecule has 0 aliphatic rings. The van der Waals surface area contributed by atoms with E-state index in [1.165, 1.54) is 6.92 Å². The summed E-state index contributed by atoms with van der Waals surface area (Å²) in [6, 6.07) is 9.95. The number of rotatable bonds is 3. The van der Waals surface area contributed by atoms with Crippen LogP contribution in [0.2, 0.25) is 0 Å². The van der Waals surface area contributed by atoms with Crippen LogP contribution >= 0.6 is 11.3 Å². The minimum Gasteiger partial charge on any atom is -0.386 e. The second kappa shape index (κ2) is 4.63. The van der Waals surface area contributed by atoms with Gasteiger partial charge in [0.1, 0.15) is 6.10 Å². The second-order valence-electron chi connectivity index (χ2n) is 3.64. The van der Waals surface area contributed by atoms with Crippen molar-refractivity contribution in [1.82, 2.24) is 5.32 Å². The molecule has 0 saturated carbocycles. The number of aliphatic hydroxyl groups excluding tert-OH is 1. The Morgan fingerprint density at radius 2 is 2.25 bits per heavy atom. The van der Waals surface area contributed by atoms with Crippen molar-refractivity contribution in [2.24, 2.45) is 0 Å². The summed E-state index contributed by atoms with van der Waals surface area (Å²) in [4.78, 5) is 11.6. The maximum absolute atomic E-state index is 10.7. The molecule has 0 radical (unpaired) electrons. The lowest BCUT2D eigenvalue weighted by Crippen LogP contribution is -2.25. The first-order valence-corrected chi connectivity index (χ1v) is 5.89. The quantitative estimate of drug-likeness (QED) is 0.855. The number of hydrogen-bond acceptors (Lipinski definition) is 3. The van der Waals surface area contributed by atoms with Crippen molar-refractivity contribution in [2.75, 3.05) is 6.54 Å². The lowest BCUT2D eigenvalue weighted by Gasteiger charge is -2.07. The van der Waals surface area contributed by atoms with Crippen LogP contribution in [0, 0.1) is 0 Å². The number of hydrogen-bond donors (Lipinski definition) is 2. The van der Waals surface area contributed by atoms with Crippen LogP contribution < -0.4 is 5.32 Å². The van der Waals surface area contributed by atoms with Gasteiger partial charge in [0.25, 0.3) is 0 Å². The number of aliphatic hydroxyl groups is 1. The Labute approximate surface area is 97.7 Å². The molecule has 0 fully saturated rings. The molecule has 1 heterocycles. The van der Waals surface area contributed by atoms with Gasteiger partial charge >= 0.3 is 0 Å². The van der Waals surface area contributed by atoms with Crippen molar-refractivity contribution in [3.05, 3.63) is 35.2 Å². The Hall–Kier alpha value is -1.39. The molecule has 0 aliphatic carbocycles. The molecular weight excluding hydrogens is 222 g/mol. The zero-order valence-electron chi connectivity index (χ0n) is 8.93. The van der Waals surface area contributed by atoms with Gasteiger partial charge in [0.2, 0.25) is 5.91 Å². The largest absolute Gasteiger partial charge is 0.386 e. The third-order valence-corrected chi connectivity index (χ3v) is 3.53. The molecule has 2 aromatic rings. The van der Waals surface area contributed by atoms with E-state index in [0.29, 0.717) is 0 Å². The first kappa shape index (κ1) is 11.1. The summed E-state index contributed by atoms with van der Waals surface area (Å²) in [6.45, 7) is 1.71. The van der Waals surface area contributed by atoms with Gasteiger partial charge in [-0.25, -0.2) is 0 Å². The second-order valence-corrected chi connectivity index (χ2v) is 4.75. The van der Waals surface area contributed by atoms with Crippen molar-refractivity contribution in [3.63, 3.8) is 0 Å². The molecule has 84 valence electrons. The smallest absolute Gasteiger partial charge is 0.216 e. The van der Waals surface area contributed by atoms with Gasteiger partial charge in [0.05, 0.1) is 0 Å². The summed E-state index contributed by atoms with van der Waals surface area (Å²) < 4.78 is 1.15. The zero-order valence-corrected chi connectivity index (χ0v) is 9.75. The Morgan fingerprint density at radius 3 is 2.94 bits per heavy atom. The number of thiophene rings is 1. The number of carbonyl (C=O) groups excluding carboxylic acids is 1. The first-order chi connectivity index (χ1) is 7.66. The van der Waals surface area contributed by atoms with Crippen LogP contribution in [0.4, 0.5) is 0 Å². The summed E-state index contributed by atoms with van der Waals surface area (Å²) in [5, 5.41) is 13.6. The minimum absolute atomic E-state index is 0.125. The number of carbonyl (C=O) groups is 1. The number of nitrogens with one attached hydrogen (secondary N) is 1. The minimum atomic E-state index is -0.624. The molecule has 2 N–H and O–H groups in total. The molecule has 0 spiro atoms. The lowest BCUT2D eigenvalue weighted by molar-refractivity contribution is -0.119. The highest BCUT2D eigenvalue weighted by Crippen LogP contribution is 2.29. The summed E-state index contributed by atoms with van der Waals surface area (Å²) in [7, 11) is 0. The van der Waals surface area contributed by atoms with Gasteiger partial charge in [0, 0.05) is 23.0 Å². The standard InChI is InChI=1S/C12H13NO2S/c1-8(14)13-7-10(15)12-6-9-4-2-3-5-11(9)16-12/h2-6,10,15H,7H2,1H3,(H,13,14). The summed E-state index contributed by atoms with van der Waals surface area (Å²) in [6.07, 6.45) is -0.624. The fourth-order valence-corrected chi connectivity index (χ4v) is 2.56. The van der Waals surface area contributed by atoms with Crippen molar-refractivity contribution >= 4 is 27.3 Å². The highest BCUT2D eigenvalue weighted by molar-refractivity contribution is 7.19. The SMILES string of the molecule is CC(=O)NCC(O)c1cc2ccccc2s1. The van der Waals surface area contributed by atoms with E-state index in [1.54, 1.807) is 11.3 Å². The monoisotopic (exact) mass is 235 g/mol. The Balaban J connectivity index is 2.16. The van der Waals surface area contributed by atoms with Gasteiger partial charge in [-0.05, 0) is 17.5 Å². The molecule has 0 saturated heterocycles. The van der Waals surface area contributed by atoms with Gasteiger partial charge < -0.3 is 10.4 Å². The van der Waals surface area contributed by atoms with E-state index in [-0.39, 0.29) is 12.5 Å². The van der Waals surface area contributed by atoms with Gasteiger partial charge in [-0.15, -0.1) is 11.3 Å². The summed E-state index contributed by atoms with van der Waals surface area (Å²) in [5.41, 5.74) is 0. The van der Waals surface area contributed by atoms with E-state index in [4.69, 9.17) is 0 Å². The van der Waals surface area contributed by atoms with E-state index in [0.717, 1.165) is 15.0 Å². The van der Waals surface area contributed by atoms with Crippen molar-refractivity contribution in [2.45, 2.75) is 13.0 Å². The molecule has 1 amide bonds. The number of fused-ring (bicyclic) bond motifs is 1. The fraction of sp³-hybridized carbons (Fsp3) is 0.250. The maximum Gasteiger partial charge on any atom is 0.216 e. The lowest BCUT2D eigenvalue weighted by atomic mass is 10.2. The van der Waals surface area contributed by atoms with Crippen LogP contribution in [-0.2, 0) is 4.79 Å². The molecule has 4 heteroatoms. The van der Waals surface area contributed by atoms with Crippen LogP contribution in [-0.4, -0.2) is 17.6 Å². The van der Waals surface area contributed by atoms with E-state index < -0.39 is 6.10 Å². The molecule has 1 aromatic heterocycles. The highest BCUT2D eigenvalue weighted by atomic mass is 32.1. The molecule has 1 aromatic carbocycles. The number of benzene rings is 1. The molecule has 3 nitrogen and oxygen atoms in total. The maximum atomic E-state index is 10.7. The van der Waals surface area contributed by atoms with Crippen LogP contribution in [0.1, 0.15) is 17.9 Å². The van der Waals surface area contributed by atoms with Crippen molar-refractivity contribution < 1.29 is 9.90 Å². The number of amides is 1. The zero-order chi connectivity index (χ0) is 11.5. The Kier molecular flexibility index (Phi) is 3.22. The van der Waals surface area contributed by atoms with E-state index in [9.17, 15) is 9.90 Å².